The average Bonchev–Trinajstić information content (AvgIpc) is 2.65. The Morgan fingerprint density at radius 2 is 1.52 bits per heavy atom. The summed E-state index contributed by atoms with van der Waals surface area (Å²) in [6.07, 6.45) is 0.525. The van der Waals surface area contributed by atoms with E-state index in [0.717, 1.165) is 11.1 Å². The predicted molar refractivity (Wildman–Crippen MR) is 101 cm³/mol. The van der Waals surface area contributed by atoms with Crippen molar-refractivity contribution >= 4 is 22.0 Å². The molecule has 0 spiro atoms. The van der Waals surface area contributed by atoms with Gasteiger partial charge in [-0.25, -0.2) is 18.4 Å². The van der Waals surface area contributed by atoms with Crippen molar-refractivity contribution in [2.75, 3.05) is 13.1 Å². The van der Waals surface area contributed by atoms with E-state index in [4.69, 9.17) is 5.14 Å². The summed E-state index contributed by atoms with van der Waals surface area (Å²) in [5.41, 5.74) is 1.82. The van der Waals surface area contributed by atoms with Crippen LogP contribution in [0.4, 0.5) is 4.79 Å². The molecule has 2 rings (SSSR count). The first-order valence-electron chi connectivity index (χ1n) is 8.28. The number of nitrogens with two attached hydrogens (primary N) is 1. The van der Waals surface area contributed by atoms with E-state index in [0.29, 0.717) is 19.5 Å². The molecular formula is C18H22N4O4S. The molecule has 5 N–H and O–H groups in total. The number of nitrogens with one attached hydrogen (secondary N) is 3. The van der Waals surface area contributed by atoms with Gasteiger partial charge in [-0.1, -0.05) is 42.5 Å². The van der Waals surface area contributed by atoms with Crippen molar-refractivity contribution in [1.29, 1.82) is 0 Å². The van der Waals surface area contributed by atoms with Crippen molar-refractivity contribution in [1.82, 2.24) is 16.0 Å². The molecule has 0 aliphatic rings. The smallest absolute Gasteiger partial charge is 0.315 e. The van der Waals surface area contributed by atoms with Crippen LogP contribution in [0, 0.1) is 0 Å². The number of carbonyl (C=O) groups excluding carboxylic acids is 2. The number of amides is 3. The van der Waals surface area contributed by atoms with Gasteiger partial charge in [-0.15, -0.1) is 0 Å². The Labute approximate surface area is 158 Å². The second kappa shape index (κ2) is 9.70. The van der Waals surface area contributed by atoms with Crippen molar-refractivity contribution < 1.29 is 18.0 Å². The van der Waals surface area contributed by atoms with Crippen LogP contribution in [0.15, 0.2) is 59.5 Å². The molecule has 0 saturated carbocycles. The first-order valence-corrected chi connectivity index (χ1v) is 9.83. The van der Waals surface area contributed by atoms with Gasteiger partial charge >= 0.3 is 6.03 Å². The maximum atomic E-state index is 11.7. The maximum absolute atomic E-state index is 11.7. The number of hydrogen-bond donors (Lipinski definition) is 4. The highest BCUT2D eigenvalue weighted by Gasteiger charge is 2.07. The van der Waals surface area contributed by atoms with E-state index in [1.54, 1.807) is 12.1 Å². The fourth-order valence-corrected chi connectivity index (χ4v) is 2.77. The van der Waals surface area contributed by atoms with Gasteiger partial charge in [0, 0.05) is 13.1 Å². The fraction of sp³-hybridized carbons (Fsp3) is 0.222. The van der Waals surface area contributed by atoms with Gasteiger partial charge in [-0.05, 0) is 29.7 Å². The summed E-state index contributed by atoms with van der Waals surface area (Å²) >= 11 is 0. The third kappa shape index (κ3) is 7.47. The normalized spacial score (nSPS) is 10.9. The molecule has 0 aliphatic carbocycles. The van der Waals surface area contributed by atoms with Gasteiger partial charge in [0.2, 0.25) is 15.9 Å². The lowest BCUT2D eigenvalue weighted by Crippen LogP contribution is -2.42. The summed E-state index contributed by atoms with van der Waals surface area (Å²) in [5, 5.41) is 12.9. The number of primary sulfonamides is 1. The fourth-order valence-electron chi connectivity index (χ4n) is 2.26. The second-order valence-electron chi connectivity index (χ2n) is 5.81. The van der Waals surface area contributed by atoms with Gasteiger partial charge in [0.05, 0.1) is 11.4 Å². The lowest BCUT2D eigenvalue weighted by atomic mass is 10.1. The molecule has 0 aromatic heterocycles. The Balaban J connectivity index is 1.63. The SMILES string of the molecule is NS(=O)(=O)c1ccc(CCNC(=O)CNC(=O)NCc2ccccc2)cc1. The summed E-state index contributed by atoms with van der Waals surface area (Å²) in [5.74, 6) is -0.314. The highest BCUT2D eigenvalue weighted by Crippen LogP contribution is 2.08. The summed E-state index contributed by atoms with van der Waals surface area (Å²) in [7, 11) is -3.71. The lowest BCUT2D eigenvalue weighted by Gasteiger charge is -2.09. The van der Waals surface area contributed by atoms with E-state index in [2.05, 4.69) is 16.0 Å². The van der Waals surface area contributed by atoms with Crippen molar-refractivity contribution in [2.24, 2.45) is 5.14 Å². The molecule has 0 unspecified atom stereocenters. The minimum absolute atomic E-state index is 0.0426. The molecule has 144 valence electrons. The highest BCUT2D eigenvalue weighted by molar-refractivity contribution is 7.89. The average molecular weight is 390 g/mol. The molecule has 0 bridgehead atoms. The monoisotopic (exact) mass is 390 g/mol. The van der Waals surface area contributed by atoms with Crippen LogP contribution < -0.4 is 21.1 Å². The Kier molecular flexibility index (Phi) is 7.33. The van der Waals surface area contributed by atoms with E-state index in [1.807, 2.05) is 30.3 Å². The molecule has 0 saturated heterocycles. The lowest BCUT2D eigenvalue weighted by molar-refractivity contribution is -0.120. The zero-order valence-corrected chi connectivity index (χ0v) is 15.5. The van der Waals surface area contributed by atoms with Crippen molar-refractivity contribution in [3.05, 3.63) is 65.7 Å². The van der Waals surface area contributed by atoms with Gasteiger partial charge in [0.15, 0.2) is 0 Å². The Bertz CT molecular complexity index is 868. The third-order valence-electron chi connectivity index (χ3n) is 3.69. The summed E-state index contributed by atoms with van der Waals surface area (Å²) in [4.78, 5) is 23.5. The Hall–Kier alpha value is -2.91. The molecule has 0 aliphatic heterocycles. The summed E-state index contributed by atoms with van der Waals surface area (Å²) in [6.45, 7) is 0.606. The van der Waals surface area contributed by atoms with Gasteiger partial charge in [-0.2, -0.15) is 0 Å². The molecule has 2 aromatic carbocycles. The third-order valence-corrected chi connectivity index (χ3v) is 4.62. The van der Waals surface area contributed by atoms with E-state index in [1.165, 1.54) is 12.1 Å². The molecule has 0 atom stereocenters. The predicted octanol–water partition coefficient (Wildman–Crippen LogP) is 0.492. The van der Waals surface area contributed by atoms with Gasteiger partial charge < -0.3 is 16.0 Å². The van der Waals surface area contributed by atoms with Crippen LogP contribution in [0.25, 0.3) is 0 Å². The first kappa shape index (κ1) is 20.4. The van der Waals surface area contributed by atoms with Gasteiger partial charge in [0.1, 0.15) is 0 Å². The van der Waals surface area contributed by atoms with Crippen molar-refractivity contribution in [3.8, 4) is 0 Å². The summed E-state index contributed by atoms with van der Waals surface area (Å²) in [6, 6.07) is 15.1. The quantitative estimate of drug-likeness (QED) is 0.522. The summed E-state index contributed by atoms with van der Waals surface area (Å²) < 4.78 is 22.4. The van der Waals surface area contributed by atoms with Gasteiger partial charge in [-0.3, -0.25) is 4.79 Å². The van der Waals surface area contributed by atoms with Crippen LogP contribution >= 0.6 is 0 Å². The van der Waals surface area contributed by atoms with Crippen LogP contribution in [0.2, 0.25) is 0 Å². The number of rotatable bonds is 8. The minimum atomic E-state index is -3.71. The Morgan fingerprint density at radius 1 is 0.852 bits per heavy atom. The molecular weight excluding hydrogens is 368 g/mol. The highest BCUT2D eigenvalue weighted by atomic mass is 32.2. The number of carbonyl (C=O) groups is 2. The van der Waals surface area contributed by atoms with Crippen molar-refractivity contribution in [2.45, 2.75) is 17.9 Å². The van der Waals surface area contributed by atoms with Crippen LogP contribution in [-0.2, 0) is 27.8 Å². The van der Waals surface area contributed by atoms with E-state index in [9.17, 15) is 18.0 Å². The topological polar surface area (TPSA) is 130 Å². The van der Waals surface area contributed by atoms with Crippen molar-refractivity contribution in [3.63, 3.8) is 0 Å². The molecule has 9 heteroatoms. The molecule has 8 nitrogen and oxygen atoms in total. The van der Waals surface area contributed by atoms with E-state index >= 15 is 0 Å². The zero-order chi connectivity index (χ0) is 19.7. The maximum Gasteiger partial charge on any atom is 0.315 e. The molecule has 2 aromatic rings. The largest absolute Gasteiger partial charge is 0.354 e. The zero-order valence-electron chi connectivity index (χ0n) is 14.6. The van der Waals surface area contributed by atoms with E-state index < -0.39 is 16.1 Å². The van der Waals surface area contributed by atoms with Crippen LogP contribution in [0.5, 0.6) is 0 Å². The molecule has 0 fully saturated rings. The molecule has 0 radical (unpaired) electrons. The number of hydrogen-bond acceptors (Lipinski definition) is 4. The van der Waals surface area contributed by atoms with Crippen LogP contribution in [0.3, 0.4) is 0 Å². The van der Waals surface area contributed by atoms with Crippen LogP contribution in [0.1, 0.15) is 11.1 Å². The van der Waals surface area contributed by atoms with Crippen LogP contribution in [-0.4, -0.2) is 33.4 Å². The first-order chi connectivity index (χ1) is 12.8. The van der Waals surface area contributed by atoms with Gasteiger partial charge in [0.25, 0.3) is 0 Å². The number of urea groups is 1. The molecule has 0 heterocycles. The number of sulfonamides is 1. The Morgan fingerprint density at radius 3 is 2.15 bits per heavy atom. The minimum Gasteiger partial charge on any atom is -0.354 e. The van der Waals surface area contributed by atoms with E-state index in [-0.39, 0.29) is 17.3 Å². The molecule has 27 heavy (non-hydrogen) atoms. The number of benzene rings is 2. The molecule has 3 amide bonds. The second-order valence-corrected chi connectivity index (χ2v) is 7.37. The standard InChI is InChI=1S/C18H22N4O4S/c19-27(25,26)16-8-6-14(7-9-16)10-11-20-17(23)13-22-18(24)21-12-15-4-2-1-3-5-15/h1-9H,10-13H2,(H,20,23)(H2,19,25,26)(H2,21,22,24).